The van der Waals surface area contributed by atoms with E-state index in [-0.39, 0.29) is 17.9 Å². The Morgan fingerprint density at radius 3 is 2.96 bits per heavy atom. The minimum absolute atomic E-state index is 0.0790. The molecule has 130 valence electrons. The van der Waals surface area contributed by atoms with Crippen LogP contribution in [0.5, 0.6) is 5.75 Å². The second kappa shape index (κ2) is 7.69. The number of nitrogens with zero attached hydrogens (tertiary/aromatic N) is 1. The number of likely N-dealkylation sites (tertiary alicyclic amines) is 1. The van der Waals surface area contributed by atoms with E-state index in [2.05, 4.69) is 17.4 Å². The molecule has 2 aliphatic rings. The molecule has 0 saturated carbocycles. The maximum Gasteiger partial charge on any atom is 0.222 e. The Morgan fingerprint density at radius 2 is 2.21 bits per heavy atom. The number of carbonyl (C=O) groups excluding carboxylic acids is 2. The topological polar surface area (TPSA) is 58.6 Å². The van der Waals surface area contributed by atoms with E-state index < -0.39 is 0 Å². The van der Waals surface area contributed by atoms with Crippen molar-refractivity contribution in [1.82, 2.24) is 10.2 Å². The molecule has 1 saturated heterocycles. The molecule has 0 aromatic heterocycles. The summed E-state index contributed by atoms with van der Waals surface area (Å²) in [5.41, 5.74) is 2.48. The van der Waals surface area contributed by atoms with Gasteiger partial charge in [-0.3, -0.25) is 9.59 Å². The first kappa shape index (κ1) is 16.8. The molecule has 1 aromatic carbocycles. The van der Waals surface area contributed by atoms with Crippen molar-refractivity contribution in [3.05, 3.63) is 29.3 Å². The van der Waals surface area contributed by atoms with E-state index in [9.17, 15) is 9.59 Å². The molecule has 0 radical (unpaired) electrons. The highest BCUT2D eigenvalue weighted by Gasteiger charge is 2.23. The Labute approximate surface area is 143 Å². The molecular weight excluding hydrogens is 304 g/mol. The zero-order valence-corrected chi connectivity index (χ0v) is 14.3. The fraction of sp³-hybridized carbons (Fsp3) is 0.579. The van der Waals surface area contributed by atoms with Crippen molar-refractivity contribution in [2.45, 2.75) is 51.0 Å². The van der Waals surface area contributed by atoms with Crippen molar-refractivity contribution in [1.29, 1.82) is 0 Å². The zero-order valence-electron chi connectivity index (χ0n) is 14.3. The average molecular weight is 330 g/mol. The molecule has 2 amide bonds. The van der Waals surface area contributed by atoms with E-state index in [4.69, 9.17) is 4.74 Å². The lowest BCUT2D eigenvalue weighted by Crippen LogP contribution is -2.32. The monoisotopic (exact) mass is 330 g/mol. The molecule has 1 fully saturated rings. The van der Waals surface area contributed by atoms with Gasteiger partial charge in [-0.1, -0.05) is 6.07 Å². The first-order valence-corrected chi connectivity index (χ1v) is 8.91. The van der Waals surface area contributed by atoms with E-state index >= 15 is 0 Å². The minimum atomic E-state index is 0.0790. The van der Waals surface area contributed by atoms with Crippen LogP contribution in [0.25, 0.3) is 0 Å². The lowest BCUT2D eigenvalue weighted by Gasteiger charge is -2.27. The Hall–Kier alpha value is -2.04. The third kappa shape index (κ3) is 3.89. The molecule has 0 spiro atoms. The Kier molecular flexibility index (Phi) is 5.38. The molecule has 1 aliphatic carbocycles. The molecule has 5 heteroatoms. The van der Waals surface area contributed by atoms with E-state index in [0.29, 0.717) is 19.4 Å². The first-order chi connectivity index (χ1) is 11.7. The van der Waals surface area contributed by atoms with Gasteiger partial charge in [-0.2, -0.15) is 0 Å². The van der Waals surface area contributed by atoms with Crippen LogP contribution in [0.15, 0.2) is 18.2 Å². The van der Waals surface area contributed by atoms with Crippen LogP contribution in [0.4, 0.5) is 0 Å². The van der Waals surface area contributed by atoms with Crippen molar-refractivity contribution >= 4 is 11.8 Å². The largest absolute Gasteiger partial charge is 0.497 e. The summed E-state index contributed by atoms with van der Waals surface area (Å²) in [6, 6.07) is 6.20. The van der Waals surface area contributed by atoms with Crippen molar-refractivity contribution in [2.24, 2.45) is 0 Å². The second-order valence-corrected chi connectivity index (χ2v) is 6.66. The third-order valence-electron chi connectivity index (χ3n) is 5.00. The van der Waals surface area contributed by atoms with Gasteiger partial charge in [0.25, 0.3) is 0 Å². The molecule has 1 N–H and O–H groups in total. The number of nitrogens with one attached hydrogen (secondary N) is 1. The number of ether oxygens (including phenoxy) is 1. The molecule has 24 heavy (non-hydrogen) atoms. The van der Waals surface area contributed by atoms with Crippen molar-refractivity contribution in [3.8, 4) is 5.75 Å². The Morgan fingerprint density at radius 1 is 1.33 bits per heavy atom. The number of hydrogen-bond acceptors (Lipinski definition) is 3. The van der Waals surface area contributed by atoms with Crippen LogP contribution < -0.4 is 10.1 Å². The molecular formula is C19H26N2O3. The second-order valence-electron chi connectivity index (χ2n) is 6.66. The molecule has 1 aromatic rings. The predicted molar refractivity (Wildman–Crippen MR) is 91.9 cm³/mol. The van der Waals surface area contributed by atoms with Gasteiger partial charge in [-0.05, 0) is 55.4 Å². The highest BCUT2D eigenvalue weighted by molar-refractivity contribution is 5.78. The smallest absolute Gasteiger partial charge is 0.222 e. The van der Waals surface area contributed by atoms with Crippen LogP contribution in [0, 0.1) is 0 Å². The lowest BCUT2D eigenvalue weighted by molar-refractivity contribution is -0.128. The normalized spacial score (nSPS) is 20.0. The highest BCUT2D eigenvalue weighted by atomic mass is 16.5. The maximum atomic E-state index is 12.3. The number of rotatable bonds is 6. The molecule has 1 unspecified atom stereocenters. The van der Waals surface area contributed by atoms with E-state index in [0.717, 1.165) is 44.4 Å². The van der Waals surface area contributed by atoms with Crippen LogP contribution in [0.1, 0.15) is 55.7 Å². The number of aryl methyl sites for hydroxylation is 1. The molecule has 1 heterocycles. The summed E-state index contributed by atoms with van der Waals surface area (Å²) >= 11 is 0. The Bertz CT molecular complexity index is 615. The van der Waals surface area contributed by atoms with Crippen molar-refractivity contribution < 1.29 is 14.3 Å². The van der Waals surface area contributed by atoms with Crippen molar-refractivity contribution in [2.75, 3.05) is 20.2 Å². The van der Waals surface area contributed by atoms with Gasteiger partial charge in [0.2, 0.25) is 11.8 Å². The predicted octanol–water partition coefficient (Wildman–Crippen LogP) is 2.59. The van der Waals surface area contributed by atoms with Crippen molar-refractivity contribution in [3.63, 3.8) is 0 Å². The summed E-state index contributed by atoms with van der Waals surface area (Å²) in [7, 11) is 1.68. The van der Waals surface area contributed by atoms with E-state index in [1.807, 2.05) is 11.0 Å². The summed E-state index contributed by atoms with van der Waals surface area (Å²) < 4.78 is 5.29. The molecule has 0 bridgehead atoms. The number of fused-ring (bicyclic) bond motifs is 1. The van der Waals surface area contributed by atoms with Gasteiger partial charge in [0.1, 0.15) is 5.75 Å². The number of methoxy groups -OCH3 is 1. The minimum Gasteiger partial charge on any atom is -0.497 e. The number of amides is 2. The van der Waals surface area contributed by atoms with Gasteiger partial charge in [0.05, 0.1) is 13.2 Å². The number of carbonyl (C=O) groups is 2. The highest BCUT2D eigenvalue weighted by Crippen LogP contribution is 2.32. The summed E-state index contributed by atoms with van der Waals surface area (Å²) in [5, 5.41) is 3.17. The van der Waals surface area contributed by atoms with Crippen LogP contribution in [0.2, 0.25) is 0 Å². The third-order valence-corrected chi connectivity index (χ3v) is 5.00. The van der Waals surface area contributed by atoms with Gasteiger partial charge in [0, 0.05) is 25.9 Å². The van der Waals surface area contributed by atoms with Crippen LogP contribution in [-0.2, 0) is 16.0 Å². The standard InChI is InChI=1S/C19H26N2O3/c1-24-15-9-10-16-14(13-15)5-2-6-17(16)20-18(22)7-3-11-21-12-4-8-19(21)23/h9-10,13,17H,2-8,11-12H2,1H3,(H,20,22). The number of hydrogen-bond donors (Lipinski definition) is 1. The van der Waals surface area contributed by atoms with Gasteiger partial charge >= 0.3 is 0 Å². The SMILES string of the molecule is COc1ccc2c(c1)CCCC2NC(=O)CCCN1CCCC1=O. The summed E-state index contributed by atoms with van der Waals surface area (Å²) in [4.78, 5) is 25.7. The lowest BCUT2D eigenvalue weighted by atomic mass is 9.87. The zero-order chi connectivity index (χ0) is 16.9. The summed E-state index contributed by atoms with van der Waals surface area (Å²) in [6.07, 6.45) is 5.92. The molecule has 3 rings (SSSR count). The quantitative estimate of drug-likeness (QED) is 0.872. The van der Waals surface area contributed by atoms with E-state index in [1.54, 1.807) is 7.11 Å². The fourth-order valence-electron chi connectivity index (χ4n) is 3.71. The van der Waals surface area contributed by atoms with Gasteiger partial charge in [-0.15, -0.1) is 0 Å². The Balaban J connectivity index is 1.51. The van der Waals surface area contributed by atoms with Gasteiger partial charge < -0.3 is 15.0 Å². The molecule has 5 nitrogen and oxygen atoms in total. The van der Waals surface area contributed by atoms with Crippen LogP contribution in [-0.4, -0.2) is 36.9 Å². The maximum absolute atomic E-state index is 12.3. The summed E-state index contributed by atoms with van der Waals surface area (Å²) in [6.45, 7) is 1.54. The summed E-state index contributed by atoms with van der Waals surface area (Å²) in [5.74, 6) is 1.18. The van der Waals surface area contributed by atoms with Crippen LogP contribution in [0.3, 0.4) is 0 Å². The molecule has 1 aliphatic heterocycles. The first-order valence-electron chi connectivity index (χ1n) is 8.91. The van der Waals surface area contributed by atoms with Crippen LogP contribution >= 0.6 is 0 Å². The van der Waals surface area contributed by atoms with Gasteiger partial charge in [0.15, 0.2) is 0 Å². The van der Waals surface area contributed by atoms with E-state index in [1.165, 1.54) is 11.1 Å². The number of benzene rings is 1. The average Bonchev–Trinajstić information content (AvgIpc) is 3.00. The fourth-order valence-corrected chi connectivity index (χ4v) is 3.71. The van der Waals surface area contributed by atoms with Gasteiger partial charge in [-0.25, -0.2) is 0 Å². The molecule has 1 atom stereocenters.